The van der Waals surface area contributed by atoms with Gasteiger partial charge in [-0.1, -0.05) is 11.6 Å². The molecule has 0 saturated heterocycles. The summed E-state index contributed by atoms with van der Waals surface area (Å²) in [5.41, 5.74) is 4.39. The summed E-state index contributed by atoms with van der Waals surface area (Å²) >= 11 is 5.72. The molecule has 1 aromatic heterocycles. The normalized spacial score (nSPS) is 11.1. The predicted molar refractivity (Wildman–Crippen MR) is 67.7 cm³/mol. The highest BCUT2D eigenvalue weighted by molar-refractivity contribution is 6.29. The lowest BCUT2D eigenvalue weighted by Gasteiger charge is -2.26. The lowest BCUT2D eigenvalue weighted by molar-refractivity contribution is -0.118. The van der Waals surface area contributed by atoms with Gasteiger partial charge in [-0.2, -0.15) is 0 Å². The quantitative estimate of drug-likeness (QED) is 0.704. The fourth-order valence-corrected chi connectivity index (χ4v) is 1.65. The Hall–Kier alpha value is -1.82. The van der Waals surface area contributed by atoms with Gasteiger partial charge in [0.05, 0.1) is 0 Å². The molecule has 7 heteroatoms. The Morgan fingerprint density at radius 1 is 1.50 bits per heavy atom. The number of anilines is 1. The maximum atomic E-state index is 11.0. The van der Waals surface area contributed by atoms with Gasteiger partial charge in [0.1, 0.15) is 16.5 Å². The molecule has 0 aliphatic carbocycles. The molecule has 0 unspecified atom stereocenters. The van der Waals surface area contributed by atoms with Crippen molar-refractivity contribution in [3.05, 3.63) is 22.8 Å². The number of aromatic carboxylic acids is 1. The highest BCUT2D eigenvalue weighted by Crippen LogP contribution is 2.22. The molecule has 0 aromatic carbocycles. The number of rotatable bonds is 5. The highest BCUT2D eigenvalue weighted by atomic mass is 35.5. The fourth-order valence-electron chi connectivity index (χ4n) is 1.50. The van der Waals surface area contributed by atoms with E-state index in [1.165, 1.54) is 12.1 Å². The van der Waals surface area contributed by atoms with Crippen LogP contribution in [0.15, 0.2) is 12.1 Å². The van der Waals surface area contributed by atoms with Crippen LogP contribution in [-0.2, 0) is 4.79 Å². The van der Waals surface area contributed by atoms with E-state index in [0.717, 1.165) is 0 Å². The Morgan fingerprint density at radius 2 is 2.11 bits per heavy atom. The van der Waals surface area contributed by atoms with Crippen LogP contribution in [0.2, 0.25) is 5.15 Å². The van der Waals surface area contributed by atoms with E-state index in [1.54, 1.807) is 13.8 Å². The molecule has 6 nitrogen and oxygen atoms in total. The Balaban J connectivity index is 3.05. The van der Waals surface area contributed by atoms with Crippen molar-refractivity contribution >= 4 is 29.3 Å². The second-order valence-electron chi connectivity index (χ2n) is 4.49. The van der Waals surface area contributed by atoms with Gasteiger partial charge >= 0.3 is 5.97 Å². The average Bonchev–Trinajstić information content (AvgIpc) is 2.13. The topological polar surface area (TPSA) is 105 Å². The molecule has 0 radical (unpaired) electrons. The molecule has 0 spiro atoms. The van der Waals surface area contributed by atoms with Crippen LogP contribution in [0.4, 0.5) is 5.82 Å². The first-order chi connectivity index (χ1) is 8.21. The van der Waals surface area contributed by atoms with Gasteiger partial charge in [-0.25, -0.2) is 9.78 Å². The number of nitrogens with zero attached hydrogens (tertiary/aromatic N) is 1. The van der Waals surface area contributed by atoms with Gasteiger partial charge in [-0.15, -0.1) is 0 Å². The third-order valence-electron chi connectivity index (χ3n) is 2.16. The molecule has 4 N–H and O–H groups in total. The number of halogens is 1. The minimum Gasteiger partial charge on any atom is -0.478 e. The van der Waals surface area contributed by atoms with E-state index >= 15 is 0 Å². The maximum absolute atomic E-state index is 11.0. The first kappa shape index (κ1) is 14.2. The van der Waals surface area contributed by atoms with Crippen molar-refractivity contribution in [3.63, 3.8) is 0 Å². The SMILES string of the molecule is CC(C)(CC(N)=O)Nc1nc(Cl)ccc1C(=O)O. The number of hydrogen-bond acceptors (Lipinski definition) is 4. The zero-order valence-electron chi connectivity index (χ0n) is 10.0. The highest BCUT2D eigenvalue weighted by Gasteiger charge is 2.23. The molecule has 18 heavy (non-hydrogen) atoms. The maximum Gasteiger partial charge on any atom is 0.339 e. The van der Waals surface area contributed by atoms with E-state index in [4.69, 9.17) is 22.4 Å². The Kier molecular flexibility index (Phi) is 4.13. The number of nitrogens with one attached hydrogen (secondary N) is 1. The number of carbonyl (C=O) groups excluding carboxylic acids is 1. The van der Waals surface area contributed by atoms with Crippen LogP contribution in [0.5, 0.6) is 0 Å². The third kappa shape index (κ3) is 3.89. The summed E-state index contributed by atoms with van der Waals surface area (Å²) in [6, 6.07) is 2.73. The molecule has 98 valence electrons. The summed E-state index contributed by atoms with van der Waals surface area (Å²) in [5, 5.41) is 12.0. The van der Waals surface area contributed by atoms with Crippen LogP contribution in [-0.4, -0.2) is 27.5 Å². The lowest BCUT2D eigenvalue weighted by Crippen LogP contribution is -2.36. The molecule has 1 amide bonds. The standard InChI is InChI=1S/C11H14ClN3O3/c1-11(2,5-8(13)16)15-9-6(10(17)18)3-4-7(12)14-9/h3-4H,5H2,1-2H3,(H2,13,16)(H,14,15)(H,17,18). The molecule has 0 aliphatic rings. The minimum atomic E-state index is -1.13. The van der Waals surface area contributed by atoms with E-state index in [0.29, 0.717) is 0 Å². The number of carboxylic acids is 1. The van der Waals surface area contributed by atoms with Gasteiger partial charge in [0.25, 0.3) is 0 Å². The molecule has 1 heterocycles. The molecular weight excluding hydrogens is 258 g/mol. The average molecular weight is 272 g/mol. The molecular formula is C11H14ClN3O3. The van der Waals surface area contributed by atoms with Crippen molar-refractivity contribution in [2.75, 3.05) is 5.32 Å². The smallest absolute Gasteiger partial charge is 0.339 e. The van der Waals surface area contributed by atoms with Crippen LogP contribution < -0.4 is 11.1 Å². The van der Waals surface area contributed by atoms with Gasteiger partial charge in [0, 0.05) is 12.0 Å². The van der Waals surface area contributed by atoms with E-state index in [1.807, 2.05) is 0 Å². The monoisotopic (exact) mass is 271 g/mol. The van der Waals surface area contributed by atoms with Gasteiger partial charge < -0.3 is 16.2 Å². The summed E-state index contributed by atoms with van der Waals surface area (Å²) < 4.78 is 0. The van der Waals surface area contributed by atoms with E-state index in [2.05, 4.69) is 10.3 Å². The van der Waals surface area contributed by atoms with Crippen LogP contribution >= 0.6 is 11.6 Å². The summed E-state index contributed by atoms with van der Waals surface area (Å²) in [6.45, 7) is 3.43. The Labute approximate surface area is 109 Å². The van der Waals surface area contributed by atoms with Crippen molar-refractivity contribution in [1.82, 2.24) is 4.98 Å². The number of pyridine rings is 1. The van der Waals surface area contributed by atoms with Crippen LogP contribution in [0.1, 0.15) is 30.6 Å². The van der Waals surface area contributed by atoms with Crippen molar-refractivity contribution < 1.29 is 14.7 Å². The molecule has 0 aliphatic heterocycles. The minimum absolute atomic E-state index is 0.0167. The number of aromatic nitrogens is 1. The van der Waals surface area contributed by atoms with Gasteiger partial charge in [0.2, 0.25) is 5.91 Å². The summed E-state index contributed by atoms with van der Waals surface area (Å²) in [4.78, 5) is 25.8. The first-order valence-corrected chi connectivity index (χ1v) is 5.55. The number of nitrogens with two attached hydrogens (primary N) is 1. The van der Waals surface area contributed by atoms with Crippen LogP contribution in [0.25, 0.3) is 0 Å². The first-order valence-electron chi connectivity index (χ1n) is 5.17. The number of carbonyl (C=O) groups is 2. The van der Waals surface area contributed by atoms with E-state index in [9.17, 15) is 9.59 Å². The molecule has 0 fully saturated rings. The summed E-state index contributed by atoms with van der Waals surface area (Å²) in [5.74, 6) is -1.51. The number of carboxylic acid groups (broad SMARTS) is 1. The van der Waals surface area contributed by atoms with Crippen molar-refractivity contribution in [2.45, 2.75) is 25.8 Å². The van der Waals surface area contributed by atoms with Gasteiger partial charge in [0.15, 0.2) is 0 Å². The molecule has 1 aromatic rings. The third-order valence-corrected chi connectivity index (χ3v) is 2.38. The van der Waals surface area contributed by atoms with Crippen molar-refractivity contribution in [3.8, 4) is 0 Å². The number of amides is 1. The molecule has 0 bridgehead atoms. The zero-order chi connectivity index (χ0) is 13.9. The molecule has 0 atom stereocenters. The van der Waals surface area contributed by atoms with Gasteiger partial charge in [-0.05, 0) is 26.0 Å². The summed E-state index contributed by atoms with van der Waals surface area (Å²) in [6.07, 6.45) is 0.0419. The Morgan fingerprint density at radius 3 is 2.61 bits per heavy atom. The predicted octanol–water partition coefficient (Wildman–Crippen LogP) is 1.50. The summed E-state index contributed by atoms with van der Waals surface area (Å²) in [7, 11) is 0. The zero-order valence-corrected chi connectivity index (χ0v) is 10.8. The Bertz CT molecular complexity index is 488. The molecule has 0 saturated carbocycles. The van der Waals surface area contributed by atoms with Crippen LogP contribution in [0, 0.1) is 0 Å². The van der Waals surface area contributed by atoms with E-state index in [-0.39, 0.29) is 23.0 Å². The molecule has 1 rings (SSSR count). The lowest BCUT2D eigenvalue weighted by atomic mass is 10.00. The second kappa shape index (κ2) is 5.22. The van der Waals surface area contributed by atoms with E-state index < -0.39 is 17.4 Å². The van der Waals surface area contributed by atoms with Crippen LogP contribution in [0.3, 0.4) is 0 Å². The number of hydrogen-bond donors (Lipinski definition) is 3. The van der Waals surface area contributed by atoms with Gasteiger partial charge in [-0.3, -0.25) is 4.79 Å². The van der Waals surface area contributed by atoms with Crippen molar-refractivity contribution in [1.29, 1.82) is 0 Å². The largest absolute Gasteiger partial charge is 0.478 e. The second-order valence-corrected chi connectivity index (χ2v) is 4.87. The van der Waals surface area contributed by atoms with Crippen molar-refractivity contribution in [2.24, 2.45) is 5.73 Å². The fraction of sp³-hybridized carbons (Fsp3) is 0.364. The number of primary amides is 1.